The van der Waals surface area contributed by atoms with E-state index in [1.807, 2.05) is 6.07 Å². The number of hydrogen-bond donors (Lipinski definition) is 0. The summed E-state index contributed by atoms with van der Waals surface area (Å²) in [6.07, 6.45) is 1.72. The predicted octanol–water partition coefficient (Wildman–Crippen LogP) is 7.41. The molecule has 0 bridgehead atoms. The molecule has 0 fully saturated rings. The van der Waals surface area contributed by atoms with E-state index >= 15 is 0 Å². The fourth-order valence-corrected chi connectivity index (χ4v) is 6.86. The molecule has 132 valence electrons. The fraction of sp³-hybridized carbons (Fsp3) is 0. The van der Waals surface area contributed by atoms with E-state index in [-0.39, 0.29) is 17.1 Å². The molecule has 0 amide bonds. The van der Waals surface area contributed by atoms with Crippen LogP contribution in [0, 0.1) is 3.57 Å². The summed E-state index contributed by atoms with van der Waals surface area (Å²) in [5, 5.41) is 2.57. The Bertz CT molecular complexity index is 1200. The molecule has 4 aromatic rings. The van der Waals surface area contributed by atoms with Crippen LogP contribution in [0.3, 0.4) is 0 Å². The summed E-state index contributed by atoms with van der Waals surface area (Å²) in [6.45, 7) is 0. The number of thiophene rings is 3. The van der Waals surface area contributed by atoms with E-state index in [2.05, 4.69) is 46.2 Å². The summed E-state index contributed by atoms with van der Waals surface area (Å²) in [4.78, 5) is 28.8. The number of hydrogen-bond acceptors (Lipinski definition) is 5. The molecule has 0 unspecified atom stereocenters. The highest BCUT2D eigenvalue weighted by molar-refractivity contribution is 14.1. The van der Waals surface area contributed by atoms with Gasteiger partial charge in [0.25, 0.3) is 0 Å². The number of ketones is 2. The van der Waals surface area contributed by atoms with Gasteiger partial charge < -0.3 is 0 Å². The lowest BCUT2D eigenvalue weighted by molar-refractivity contribution is 0.0990. The molecule has 0 saturated carbocycles. The number of fused-ring (bicyclic) bond motifs is 2. The molecule has 2 nitrogen and oxygen atoms in total. The summed E-state index contributed by atoms with van der Waals surface area (Å²) in [6, 6.07) is 11.7. The van der Waals surface area contributed by atoms with Crippen molar-refractivity contribution in [2.45, 2.75) is 0 Å². The second-order valence-electron chi connectivity index (χ2n) is 5.99. The molecule has 3 heterocycles. The number of allylic oxidation sites excluding steroid dienone is 1. The van der Waals surface area contributed by atoms with Crippen molar-refractivity contribution in [3.8, 4) is 9.75 Å². The molecular formula is C20H8ClIO2S3. The van der Waals surface area contributed by atoms with E-state index in [0.717, 1.165) is 8.45 Å². The van der Waals surface area contributed by atoms with Gasteiger partial charge in [-0.05, 0) is 64.4 Å². The van der Waals surface area contributed by atoms with Crippen molar-refractivity contribution in [3.05, 3.63) is 71.9 Å². The highest BCUT2D eigenvalue weighted by Gasteiger charge is 2.34. The van der Waals surface area contributed by atoms with Crippen LogP contribution >= 0.6 is 68.2 Å². The Labute approximate surface area is 185 Å². The second kappa shape index (κ2) is 6.63. The molecule has 27 heavy (non-hydrogen) atoms. The first-order valence-electron chi connectivity index (χ1n) is 7.88. The Balaban J connectivity index is 1.54. The monoisotopic (exact) mass is 538 g/mol. The molecule has 3 aromatic heterocycles. The van der Waals surface area contributed by atoms with Crippen molar-refractivity contribution in [2.24, 2.45) is 0 Å². The molecule has 7 heteroatoms. The number of Topliss-reactive ketones (excluding diaryl/α,β-unsaturated/α-hetero) is 2. The summed E-state index contributed by atoms with van der Waals surface area (Å²) in [7, 11) is 0. The van der Waals surface area contributed by atoms with Crippen LogP contribution in [0.25, 0.3) is 25.2 Å². The summed E-state index contributed by atoms with van der Waals surface area (Å²) in [5.74, 6) is -0.468. The third-order valence-corrected chi connectivity index (χ3v) is 9.15. The first-order chi connectivity index (χ1) is 13.0. The van der Waals surface area contributed by atoms with Crippen molar-refractivity contribution >= 4 is 95.2 Å². The summed E-state index contributed by atoms with van der Waals surface area (Å²) in [5.41, 5.74) is 1.06. The standard InChI is InChI=1S/C20H8ClIO2S3/c21-13-6-10-11(7-14(13)22)20(24)12(19(10)23)4-9-5-16-18(26-9)8-17(27-16)15-2-1-3-25-15/h1-8H/b12-4-. The maximum Gasteiger partial charge on any atom is 0.197 e. The van der Waals surface area contributed by atoms with Crippen LogP contribution < -0.4 is 0 Å². The molecule has 0 atom stereocenters. The fourth-order valence-electron chi connectivity index (χ4n) is 3.05. The predicted molar refractivity (Wildman–Crippen MR) is 124 cm³/mol. The van der Waals surface area contributed by atoms with Gasteiger partial charge in [0.05, 0.1) is 10.6 Å². The zero-order valence-corrected chi connectivity index (χ0v) is 18.8. The van der Waals surface area contributed by atoms with Gasteiger partial charge >= 0.3 is 0 Å². The van der Waals surface area contributed by atoms with Gasteiger partial charge in [-0.25, -0.2) is 0 Å². The van der Waals surface area contributed by atoms with E-state index in [1.54, 1.807) is 52.2 Å². The number of rotatable bonds is 2. The second-order valence-corrected chi connectivity index (χ2v) is 10.7. The number of halogens is 2. The molecule has 0 radical (unpaired) electrons. The van der Waals surface area contributed by atoms with E-state index < -0.39 is 0 Å². The third kappa shape index (κ3) is 2.94. The lowest BCUT2D eigenvalue weighted by Gasteiger charge is -1.98. The summed E-state index contributed by atoms with van der Waals surface area (Å²) >= 11 is 13.2. The minimum absolute atomic E-state index is 0.218. The third-order valence-electron chi connectivity index (χ3n) is 4.32. The Morgan fingerprint density at radius 2 is 1.67 bits per heavy atom. The van der Waals surface area contributed by atoms with Gasteiger partial charge in [0, 0.05) is 38.7 Å². The van der Waals surface area contributed by atoms with Gasteiger partial charge in [0.15, 0.2) is 11.6 Å². The van der Waals surface area contributed by atoms with Crippen LogP contribution in [0.5, 0.6) is 0 Å². The van der Waals surface area contributed by atoms with Gasteiger partial charge in [-0.1, -0.05) is 17.7 Å². The number of carbonyl (C=O) groups excluding carboxylic acids is 2. The van der Waals surface area contributed by atoms with Crippen molar-refractivity contribution in [3.63, 3.8) is 0 Å². The lowest BCUT2D eigenvalue weighted by atomic mass is 10.1. The summed E-state index contributed by atoms with van der Waals surface area (Å²) < 4.78 is 3.11. The van der Waals surface area contributed by atoms with Crippen molar-refractivity contribution < 1.29 is 9.59 Å². The van der Waals surface area contributed by atoms with Crippen LogP contribution in [0.1, 0.15) is 25.6 Å². The van der Waals surface area contributed by atoms with Crippen LogP contribution in [0.4, 0.5) is 0 Å². The van der Waals surface area contributed by atoms with Crippen LogP contribution in [0.2, 0.25) is 5.02 Å². The van der Waals surface area contributed by atoms with Crippen molar-refractivity contribution in [1.29, 1.82) is 0 Å². The van der Waals surface area contributed by atoms with Gasteiger partial charge in [0.2, 0.25) is 0 Å². The van der Waals surface area contributed by atoms with Crippen LogP contribution in [-0.4, -0.2) is 11.6 Å². The zero-order chi connectivity index (χ0) is 18.7. The number of benzene rings is 1. The molecule has 0 aliphatic heterocycles. The van der Waals surface area contributed by atoms with E-state index in [0.29, 0.717) is 16.1 Å². The van der Waals surface area contributed by atoms with Gasteiger partial charge in [0.1, 0.15) is 0 Å². The largest absolute Gasteiger partial charge is 0.288 e. The van der Waals surface area contributed by atoms with Gasteiger partial charge in [-0.15, -0.1) is 34.0 Å². The van der Waals surface area contributed by atoms with Crippen LogP contribution in [0.15, 0.2) is 47.4 Å². The molecule has 1 aliphatic carbocycles. The maximum atomic E-state index is 12.7. The van der Waals surface area contributed by atoms with Crippen LogP contribution in [-0.2, 0) is 0 Å². The van der Waals surface area contributed by atoms with Gasteiger partial charge in [-0.2, -0.15) is 0 Å². The van der Waals surface area contributed by atoms with E-state index in [9.17, 15) is 9.59 Å². The Hall–Kier alpha value is -1.32. The first kappa shape index (κ1) is 17.8. The molecule has 1 aromatic carbocycles. The maximum absolute atomic E-state index is 12.7. The SMILES string of the molecule is O=C1/C(=C/c2cc3sc(-c4cccs4)cc3s2)C(=O)c2cc(I)c(Cl)cc21. The highest BCUT2D eigenvalue weighted by atomic mass is 127. The molecule has 1 aliphatic rings. The molecule has 5 rings (SSSR count). The smallest absolute Gasteiger partial charge is 0.197 e. The molecule has 0 saturated heterocycles. The minimum atomic E-state index is -0.246. The lowest BCUT2D eigenvalue weighted by Crippen LogP contribution is -1.99. The molecule has 0 spiro atoms. The Morgan fingerprint density at radius 1 is 0.926 bits per heavy atom. The average Bonchev–Trinajstić information content (AvgIpc) is 3.38. The van der Waals surface area contributed by atoms with Crippen molar-refractivity contribution in [2.75, 3.05) is 0 Å². The Kier molecular flexibility index (Phi) is 4.36. The normalized spacial score (nSPS) is 15.3. The first-order valence-corrected chi connectivity index (χ1v) is 11.9. The number of carbonyl (C=O) groups is 2. The van der Waals surface area contributed by atoms with Gasteiger partial charge in [-0.3, -0.25) is 9.59 Å². The molecule has 0 N–H and O–H groups in total. The minimum Gasteiger partial charge on any atom is -0.288 e. The topological polar surface area (TPSA) is 34.1 Å². The van der Waals surface area contributed by atoms with E-state index in [1.165, 1.54) is 19.2 Å². The quantitative estimate of drug-likeness (QED) is 0.151. The Morgan fingerprint density at radius 3 is 2.37 bits per heavy atom. The zero-order valence-electron chi connectivity index (χ0n) is 13.4. The molecular weight excluding hydrogens is 531 g/mol. The average molecular weight is 539 g/mol. The van der Waals surface area contributed by atoms with Crippen molar-refractivity contribution in [1.82, 2.24) is 0 Å². The van der Waals surface area contributed by atoms with E-state index in [4.69, 9.17) is 11.6 Å². The highest BCUT2D eigenvalue weighted by Crippen LogP contribution is 2.41.